The molecule has 0 aromatic heterocycles. The van der Waals surface area contributed by atoms with Crippen molar-refractivity contribution in [2.45, 2.75) is 50.9 Å². The average molecular weight is 541 g/mol. The van der Waals surface area contributed by atoms with Crippen LogP contribution in [0.25, 0.3) is 0 Å². The Bertz CT molecular complexity index is 1120. The highest BCUT2D eigenvalue weighted by Gasteiger charge is 2.60. The predicted octanol–water partition coefficient (Wildman–Crippen LogP) is 4.43. The van der Waals surface area contributed by atoms with E-state index >= 15 is 0 Å². The second kappa shape index (κ2) is 13.9. The molecule has 0 amide bonds. The first kappa shape index (κ1) is 28.3. The Morgan fingerprint density at radius 3 is 1.74 bits per heavy atom. The number of rotatable bonds is 12. The summed E-state index contributed by atoms with van der Waals surface area (Å²) < 4.78 is 35.4. The summed E-state index contributed by atoms with van der Waals surface area (Å²) in [4.78, 5) is 25.9. The van der Waals surface area contributed by atoms with Gasteiger partial charge in [-0.05, 0) is 16.7 Å². The fourth-order valence-corrected chi connectivity index (χ4v) is 6.08. The molecular weight excluding hydrogens is 507 g/mol. The van der Waals surface area contributed by atoms with Crippen molar-refractivity contribution in [3.8, 4) is 0 Å². The SMILES string of the molecule is CO[P+]1([O-])O[C@H](COCc2ccccc2)[C@@H](OCc2ccccc2)[C@H](OCc2ccccc2)[C@H]1OC(C)=O. The Balaban J connectivity index is 1.60. The topological polar surface area (TPSA) is 95.5 Å². The van der Waals surface area contributed by atoms with E-state index in [1.807, 2.05) is 91.0 Å². The maximum absolute atomic E-state index is 13.8. The highest BCUT2D eigenvalue weighted by atomic mass is 31.2. The Hall–Kier alpha value is -2.68. The number of esters is 1. The number of hydrogen-bond acceptors (Lipinski definition) is 8. The molecule has 0 bridgehead atoms. The second-order valence-corrected chi connectivity index (χ2v) is 11.1. The third-order valence-corrected chi connectivity index (χ3v) is 8.17. The molecule has 4 rings (SSSR count). The molecule has 38 heavy (non-hydrogen) atoms. The zero-order valence-corrected chi connectivity index (χ0v) is 22.4. The van der Waals surface area contributed by atoms with Gasteiger partial charge in [0.25, 0.3) is 13.8 Å². The lowest BCUT2D eigenvalue weighted by molar-refractivity contribution is -0.270. The van der Waals surface area contributed by atoms with E-state index in [4.69, 9.17) is 28.0 Å². The molecule has 1 aliphatic heterocycles. The van der Waals surface area contributed by atoms with E-state index in [2.05, 4.69) is 0 Å². The minimum Gasteiger partial charge on any atom is -0.628 e. The molecule has 0 radical (unpaired) electrons. The van der Waals surface area contributed by atoms with Crippen LogP contribution in [-0.2, 0) is 52.6 Å². The first-order chi connectivity index (χ1) is 18.5. The van der Waals surface area contributed by atoms with Gasteiger partial charge in [0.05, 0.1) is 33.5 Å². The number of carbonyl (C=O) groups is 1. The maximum atomic E-state index is 13.8. The van der Waals surface area contributed by atoms with Gasteiger partial charge in [-0.15, -0.1) is 0 Å². The third-order valence-electron chi connectivity index (χ3n) is 6.07. The molecule has 1 fully saturated rings. The molecule has 1 heterocycles. The molecule has 5 atom stereocenters. The van der Waals surface area contributed by atoms with Crippen LogP contribution >= 0.6 is 7.94 Å². The highest BCUT2D eigenvalue weighted by molar-refractivity contribution is 7.59. The lowest BCUT2D eigenvalue weighted by atomic mass is 10.1. The average Bonchev–Trinajstić information content (AvgIpc) is 2.94. The first-order valence-corrected chi connectivity index (χ1v) is 14.0. The van der Waals surface area contributed by atoms with Gasteiger partial charge < -0.3 is 23.8 Å². The summed E-state index contributed by atoms with van der Waals surface area (Å²) in [5.74, 6) is -1.95. The highest BCUT2D eigenvalue weighted by Crippen LogP contribution is 2.63. The standard InChI is InChI=1S/C29H33O8P/c1-22(30)36-29-28(35-20-25-16-10-5-11-17-25)27(34-19-24-14-8-4-9-15-24)26(37-38(29,31)32-2)21-33-18-23-12-6-3-7-13-23/h3-17,26-29H,18-21H2,1-2H3/t26-,27-,28+,29+,38?/m1/s1. The molecule has 0 spiro atoms. The molecule has 8 nitrogen and oxygen atoms in total. The molecule has 1 unspecified atom stereocenters. The van der Waals surface area contributed by atoms with E-state index in [-0.39, 0.29) is 19.8 Å². The monoisotopic (exact) mass is 540 g/mol. The summed E-state index contributed by atoms with van der Waals surface area (Å²) in [7, 11) is -2.70. The van der Waals surface area contributed by atoms with E-state index in [1.54, 1.807) is 0 Å². The van der Waals surface area contributed by atoms with Crippen molar-refractivity contribution in [1.82, 2.24) is 0 Å². The van der Waals surface area contributed by atoms with Crippen molar-refractivity contribution in [2.75, 3.05) is 13.7 Å². The van der Waals surface area contributed by atoms with E-state index in [0.717, 1.165) is 16.7 Å². The summed E-state index contributed by atoms with van der Waals surface area (Å²) in [6.07, 6.45) is -2.55. The molecular formula is C29H33O8P. The minimum absolute atomic E-state index is 0.0552. The largest absolute Gasteiger partial charge is 0.628 e. The molecule has 1 saturated heterocycles. The van der Waals surface area contributed by atoms with E-state index in [9.17, 15) is 9.69 Å². The van der Waals surface area contributed by atoms with Gasteiger partial charge in [0.1, 0.15) is 6.10 Å². The van der Waals surface area contributed by atoms with Crippen LogP contribution in [0.3, 0.4) is 0 Å². The summed E-state index contributed by atoms with van der Waals surface area (Å²) in [5, 5.41) is 0. The van der Waals surface area contributed by atoms with Gasteiger partial charge in [-0.1, -0.05) is 91.0 Å². The fourth-order valence-electron chi connectivity index (χ4n) is 4.22. The van der Waals surface area contributed by atoms with Crippen molar-refractivity contribution in [3.05, 3.63) is 108 Å². The van der Waals surface area contributed by atoms with Crippen molar-refractivity contribution < 1.29 is 37.7 Å². The summed E-state index contributed by atoms with van der Waals surface area (Å²) >= 11 is 0. The van der Waals surface area contributed by atoms with Crippen molar-refractivity contribution in [1.29, 1.82) is 0 Å². The number of hydrogen-bond donors (Lipinski definition) is 0. The van der Waals surface area contributed by atoms with Crippen LogP contribution in [0.1, 0.15) is 23.6 Å². The number of ether oxygens (including phenoxy) is 4. The lowest BCUT2D eigenvalue weighted by Crippen LogP contribution is -2.58. The van der Waals surface area contributed by atoms with Crippen LogP contribution in [-0.4, -0.2) is 43.8 Å². The second-order valence-electron chi connectivity index (χ2n) is 8.89. The van der Waals surface area contributed by atoms with E-state index < -0.39 is 38.1 Å². The molecule has 0 aliphatic carbocycles. The summed E-state index contributed by atoms with van der Waals surface area (Å²) in [6, 6.07) is 28.9. The van der Waals surface area contributed by atoms with Crippen LogP contribution in [0, 0.1) is 0 Å². The van der Waals surface area contributed by atoms with Crippen molar-refractivity contribution >= 4 is 13.9 Å². The lowest BCUT2D eigenvalue weighted by Gasteiger charge is -2.46. The number of carbonyl (C=O) groups excluding carboxylic acids is 1. The van der Waals surface area contributed by atoms with Crippen LogP contribution < -0.4 is 4.89 Å². The molecule has 3 aromatic rings. The molecule has 0 N–H and O–H groups in total. The zero-order chi connectivity index (χ0) is 26.8. The fraction of sp³-hybridized carbons (Fsp3) is 0.345. The van der Waals surface area contributed by atoms with Gasteiger partial charge in [0, 0.05) is 6.92 Å². The summed E-state index contributed by atoms with van der Waals surface area (Å²) in [5.41, 5.74) is 2.81. The van der Waals surface area contributed by atoms with Gasteiger partial charge in [0.15, 0.2) is 12.2 Å². The van der Waals surface area contributed by atoms with Gasteiger partial charge in [-0.25, -0.2) is 4.52 Å². The molecule has 202 valence electrons. The van der Waals surface area contributed by atoms with Crippen LogP contribution in [0.2, 0.25) is 0 Å². The van der Waals surface area contributed by atoms with Crippen LogP contribution in [0.4, 0.5) is 0 Å². The predicted molar refractivity (Wildman–Crippen MR) is 140 cm³/mol. The Kier molecular flexibility index (Phi) is 10.4. The smallest absolute Gasteiger partial charge is 0.306 e. The Morgan fingerprint density at radius 2 is 1.26 bits per heavy atom. The zero-order valence-electron chi connectivity index (χ0n) is 21.5. The Morgan fingerprint density at radius 1 is 0.789 bits per heavy atom. The van der Waals surface area contributed by atoms with Gasteiger partial charge in [0.2, 0.25) is 0 Å². The first-order valence-electron chi connectivity index (χ1n) is 12.4. The van der Waals surface area contributed by atoms with Crippen molar-refractivity contribution in [2.24, 2.45) is 0 Å². The Labute approximate surface area is 224 Å². The maximum Gasteiger partial charge on any atom is 0.306 e. The third kappa shape index (κ3) is 7.68. The van der Waals surface area contributed by atoms with Gasteiger partial charge >= 0.3 is 5.97 Å². The minimum atomic E-state index is -3.97. The van der Waals surface area contributed by atoms with E-state index in [0.29, 0.717) is 6.61 Å². The quantitative estimate of drug-likeness (QED) is 0.246. The van der Waals surface area contributed by atoms with E-state index in [1.165, 1.54) is 14.0 Å². The molecule has 9 heteroatoms. The van der Waals surface area contributed by atoms with Gasteiger partial charge in [-0.2, -0.15) is 4.52 Å². The molecule has 0 saturated carbocycles. The van der Waals surface area contributed by atoms with Crippen LogP contribution in [0.5, 0.6) is 0 Å². The van der Waals surface area contributed by atoms with Gasteiger partial charge in [-0.3, -0.25) is 4.79 Å². The normalized spacial score (nSPS) is 25.1. The number of benzene rings is 3. The van der Waals surface area contributed by atoms with Crippen LogP contribution in [0.15, 0.2) is 91.0 Å². The molecule has 1 aliphatic rings. The van der Waals surface area contributed by atoms with Crippen molar-refractivity contribution in [3.63, 3.8) is 0 Å². The summed E-state index contributed by atoms with van der Waals surface area (Å²) in [6.45, 7) is 2.03. The molecule has 3 aromatic carbocycles.